The van der Waals surface area contributed by atoms with E-state index in [9.17, 15) is 26.8 Å². The average molecular weight is 612 g/mol. The largest absolute Gasteiger partial charge is 0.352 e. The summed E-state index contributed by atoms with van der Waals surface area (Å²) in [7, 11) is -3.85. The van der Waals surface area contributed by atoms with Crippen molar-refractivity contribution in [1.82, 2.24) is 10.2 Å². The molecule has 3 aromatic rings. The third-order valence-corrected chi connectivity index (χ3v) is 8.95. The lowest BCUT2D eigenvalue weighted by molar-refractivity contribution is -0.141. The molecule has 1 saturated carbocycles. The minimum absolute atomic E-state index is 0.0247. The Kier molecular flexibility index (Phi) is 10.9. The third kappa shape index (κ3) is 9.10. The van der Waals surface area contributed by atoms with Gasteiger partial charge in [0, 0.05) is 38.0 Å². The fourth-order valence-electron chi connectivity index (χ4n) is 5.57. The molecule has 0 heterocycles. The van der Waals surface area contributed by atoms with E-state index in [-0.39, 0.29) is 49.5 Å². The second-order valence-electron chi connectivity index (χ2n) is 11.2. The van der Waals surface area contributed by atoms with Crippen molar-refractivity contribution in [3.63, 3.8) is 0 Å². The number of aryl methyl sites for hydroxylation is 1. The van der Waals surface area contributed by atoms with Crippen molar-refractivity contribution in [2.75, 3.05) is 17.1 Å². The van der Waals surface area contributed by atoms with Gasteiger partial charge in [-0.1, -0.05) is 73.0 Å². The molecule has 1 aliphatic rings. The van der Waals surface area contributed by atoms with E-state index in [0.29, 0.717) is 6.42 Å². The molecule has 4 rings (SSSR count). The molecule has 0 radical (unpaired) electrons. The van der Waals surface area contributed by atoms with Crippen LogP contribution in [0, 0.1) is 18.6 Å². The number of halogens is 2. The average Bonchev–Trinajstić information content (AvgIpc) is 3.47. The first-order chi connectivity index (χ1) is 20.5. The van der Waals surface area contributed by atoms with Gasteiger partial charge in [-0.05, 0) is 49.4 Å². The maximum absolute atomic E-state index is 13.9. The lowest BCUT2D eigenvalue weighted by Gasteiger charge is -2.33. The van der Waals surface area contributed by atoms with E-state index in [4.69, 9.17) is 0 Å². The summed E-state index contributed by atoms with van der Waals surface area (Å²) in [5.74, 6) is -2.76. The number of anilines is 1. The summed E-state index contributed by atoms with van der Waals surface area (Å²) in [6.07, 6.45) is 5.26. The molecule has 230 valence electrons. The van der Waals surface area contributed by atoms with Crippen LogP contribution in [0.25, 0.3) is 0 Å². The summed E-state index contributed by atoms with van der Waals surface area (Å²) < 4.78 is 53.5. The van der Waals surface area contributed by atoms with E-state index in [1.807, 2.05) is 61.5 Å². The quantitative estimate of drug-likeness (QED) is 0.276. The predicted molar refractivity (Wildman–Crippen MR) is 164 cm³/mol. The monoisotopic (exact) mass is 611 g/mol. The molecule has 43 heavy (non-hydrogen) atoms. The number of rotatable bonds is 13. The van der Waals surface area contributed by atoms with Gasteiger partial charge in [-0.15, -0.1) is 0 Å². The molecule has 1 atom stereocenters. The fourth-order valence-corrected chi connectivity index (χ4v) is 6.53. The molecule has 2 amide bonds. The van der Waals surface area contributed by atoms with Crippen molar-refractivity contribution in [3.8, 4) is 0 Å². The summed E-state index contributed by atoms with van der Waals surface area (Å²) in [5.41, 5.74) is 2.79. The Hall–Kier alpha value is -3.79. The SMILES string of the molecule is Cc1cccc(CN(C(=O)CCCN(c2ccc(F)c(F)c2)S(C)(=O)=O)C(Cc2ccccc2)C(=O)NC2CCCC2)c1. The molecule has 1 fully saturated rings. The van der Waals surface area contributed by atoms with Crippen LogP contribution in [-0.4, -0.2) is 50.0 Å². The van der Waals surface area contributed by atoms with E-state index in [0.717, 1.165) is 65.1 Å². The van der Waals surface area contributed by atoms with Gasteiger partial charge in [0.15, 0.2) is 11.6 Å². The van der Waals surface area contributed by atoms with Crippen molar-refractivity contribution < 1.29 is 26.8 Å². The van der Waals surface area contributed by atoms with Crippen LogP contribution < -0.4 is 9.62 Å². The van der Waals surface area contributed by atoms with Crippen molar-refractivity contribution in [2.45, 2.75) is 70.5 Å². The van der Waals surface area contributed by atoms with Crippen LogP contribution in [0.4, 0.5) is 14.5 Å². The highest BCUT2D eigenvalue weighted by molar-refractivity contribution is 7.92. The van der Waals surface area contributed by atoms with E-state index in [1.54, 1.807) is 4.90 Å². The standard InChI is InChI=1S/C33H39F2N3O4S/c1-24-10-8-13-26(20-24)23-37(31(21-25-11-4-3-5-12-25)33(40)36-27-14-6-7-15-27)32(39)16-9-19-38(43(2,41)42)28-17-18-29(34)30(35)22-28/h3-5,8,10-13,17-18,20,22,27,31H,6-7,9,14-16,19,21,23H2,1-2H3,(H,36,40). The molecule has 0 aromatic heterocycles. The lowest BCUT2D eigenvalue weighted by Crippen LogP contribution is -2.52. The number of nitrogens with zero attached hydrogens (tertiary/aromatic N) is 2. The van der Waals surface area contributed by atoms with Crippen LogP contribution in [-0.2, 0) is 32.6 Å². The number of amides is 2. The summed E-state index contributed by atoms with van der Waals surface area (Å²) in [6.45, 7) is 2.04. The Morgan fingerprint density at radius 1 is 0.930 bits per heavy atom. The zero-order valence-electron chi connectivity index (χ0n) is 24.6. The fraction of sp³-hybridized carbons (Fsp3) is 0.394. The smallest absolute Gasteiger partial charge is 0.243 e. The minimum Gasteiger partial charge on any atom is -0.352 e. The first kappa shape index (κ1) is 32.1. The number of hydrogen-bond acceptors (Lipinski definition) is 4. The van der Waals surface area contributed by atoms with Gasteiger partial charge < -0.3 is 10.2 Å². The van der Waals surface area contributed by atoms with Crippen molar-refractivity contribution in [2.24, 2.45) is 0 Å². The molecular weight excluding hydrogens is 572 g/mol. The van der Waals surface area contributed by atoms with Crippen molar-refractivity contribution in [3.05, 3.63) is 101 Å². The van der Waals surface area contributed by atoms with Crippen LogP contribution in [0.2, 0.25) is 0 Å². The zero-order chi connectivity index (χ0) is 31.0. The van der Waals surface area contributed by atoms with Gasteiger partial charge in [0.2, 0.25) is 21.8 Å². The Balaban J connectivity index is 1.59. The maximum Gasteiger partial charge on any atom is 0.243 e. The predicted octanol–water partition coefficient (Wildman–Crippen LogP) is 5.52. The van der Waals surface area contributed by atoms with E-state index >= 15 is 0 Å². The minimum atomic E-state index is -3.85. The number of hydrogen-bond donors (Lipinski definition) is 1. The lowest BCUT2D eigenvalue weighted by atomic mass is 10.0. The molecule has 0 saturated heterocycles. The van der Waals surface area contributed by atoms with E-state index in [2.05, 4.69) is 5.32 Å². The highest BCUT2D eigenvalue weighted by atomic mass is 32.2. The van der Waals surface area contributed by atoms with Crippen LogP contribution in [0.5, 0.6) is 0 Å². The summed E-state index contributed by atoms with van der Waals surface area (Å²) in [4.78, 5) is 29.3. The summed E-state index contributed by atoms with van der Waals surface area (Å²) in [6, 6.07) is 19.5. The van der Waals surface area contributed by atoms with Gasteiger partial charge in [0.1, 0.15) is 6.04 Å². The molecular formula is C33H39F2N3O4S. The van der Waals surface area contributed by atoms with Crippen LogP contribution >= 0.6 is 0 Å². The van der Waals surface area contributed by atoms with Gasteiger partial charge in [0.25, 0.3) is 0 Å². The second-order valence-corrected chi connectivity index (χ2v) is 13.2. The molecule has 3 aromatic carbocycles. The molecule has 10 heteroatoms. The van der Waals surface area contributed by atoms with Gasteiger partial charge in [0.05, 0.1) is 11.9 Å². The molecule has 1 aliphatic carbocycles. The molecule has 0 aliphatic heterocycles. The first-order valence-electron chi connectivity index (χ1n) is 14.6. The summed E-state index contributed by atoms with van der Waals surface area (Å²) >= 11 is 0. The highest BCUT2D eigenvalue weighted by Gasteiger charge is 2.32. The highest BCUT2D eigenvalue weighted by Crippen LogP contribution is 2.23. The van der Waals surface area contributed by atoms with Gasteiger partial charge in [-0.3, -0.25) is 13.9 Å². The molecule has 7 nitrogen and oxygen atoms in total. The van der Waals surface area contributed by atoms with Crippen LogP contribution in [0.1, 0.15) is 55.2 Å². The molecule has 1 N–H and O–H groups in total. The molecule has 0 spiro atoms. The first-order valence-corrected chi connectivity index (χ1v) is 16.5. The second kappa shape index (κ2) is 14.6. The number of benzene rings is 3. The maximum atomic E-state index is 13.9. The molecule has 1 unspecified atom stereocenters. The van der Waals surface area contributed by atoms with Gasteiger partial charge >= 0.3 is 0 Å². The van der Waals surface area contributed by atoms with E-state index < -0.39 is 27.7 Å². The van der Waals surface area contributed by atoms with E-state index in [1.165, 1.54) is 6.07 Å². The van der Waals surface area contributed by atoms with Gasteiger partial charge in [-0.25, -0.2) is 17.2 Å². The Bertz CT molecular complexity index is 1510. The number of carbonyl (C=O) groups is 2. The third-order valence-electron chi connectivity index (χ3n) is 7.75. The van der Waals surface area contributed by atoms with Crippen LogP contribution in [0.3, 0.4) is 0 Å². The normalized spacial score (nSPS) is 14.3. The van der Waals surface area contributed by atoms with Crippen molar-refractivity contribution in [1.29, 1.82) is 0 Å². The number of carbonyl (C=O) groups excluding carboxylic acids is 2. The summed E-state index contributed by atoms with van der Waals surface area (Å²) in [5, 5.41) is 3.17. The van der Waals surface area contributed by atoms with Crippen molar-refractivity contribution >= 4 is 27.5 Å². The number of sulfonamides is 1. The Morgan fingerprint density at radius 2 is 1.63 bits per heavy atom. The number of nitrogens with one attached hydrogen (secondary N) is 1. The van der Waals surface area contributed by atoms with Crippen LogP contribution in [0.15, 0.2) is 72.8 Å². The van der Waals surface area contributed by atoms with Gasteiger partial charge in [-0.2, -0.15) is 0 Å². The molecule has 0 bridgehead atoms. The zero-order valence-corrected chi connectivity index (χ0v) is 25.5. The topological polar surface area (TPSA) is 86.8 Å². The Morgan fingerprint density at radius 3 is 2.28 bits per heavy atom. The Labute approximate surface area is 252 Å².